The van der Waals surface area contributed by atoms with Crippen LogP contribution in [0.2, 0.25) is 0 Å². The van der Waals surface area contributed by atoms with Crippen LogP contribution in [0, 0.1) is 0 Å². The number of aromatic nitrogens is 2. The van der Waals surface area contributed by atoms with Gasteiger partial charge in [0.1, 0.15) is 0 Å². The molecule has 1 aromatic carbocycles. The fourth-order valence-corrected chi connectivity index (χ4v) is 4.02. The number of ether oxygens (including phenoxy) is 2. The number of nitrogens with zero attached hydrogens (tertiary/aromatic N) is 2. The molecule has 0 fully saturated rings. The second-order valence-electron chi connectivity index (χ2n) is 6.09. The lowest BCUT2D eigenvalue weighted by Gasteiger charge is -2.29. The first kappa shape index (κ1) is 16.7. The Bertz CT molecular complexity index is 934. The zero-order valence-electron chi connectivity index (χ0n) is 14.6. The Balaban J connectivity index is 1.62. The molecule has 7 heteroatoms. The van der Waals surface area contributed by atoms with Gasteiger partial charge in [-0.3, -0.25) is 9.89 Å². The molecule has 0 radical (unpaired) electrons. The zero-order chi connectivity index (χ0) is 18.1. The van der Waals surface area contributed by atoms with Crippen LogP contribution >= 0.6 is 11.3 Å². The molecule has 1 aliphatic rings. The molecular weight excluding hydrogens is 350 g/mol. The van der Waals surface area contributed by atoms with E-state index in [1.165, 1.54) is 5.56 Å². The number of H-pyrrole nitrogens is 1. The molecule has 0 unspecified atom stereocenters. The molecule has 6 nitrogen and oxygen atoms in total. The number of methoxy groups -OCH3 is 2. The van der Waals surface area contributed by atoms with Gasteiger partial charge in [-0.2, -0.15) is 5.10 Å². The third-order valence-electron chi connectivity index (χ3n) is 4.64. The van der Waals surface area contributed by atoms with Crippen molar-refractivity contribution in [1.82, 2.24) is 15.1 Å². The van der Waals surface area contributed by atoms with Crippen molar-refractivity contribution < 1.29 is 14.3 Å². The topological polar surface area (TPSA) is 67.5 Å². The third-order valence-corrected chi connectivity index (χ3v) is 5.53. The molecule has 0 spiro atoms. The maximum Gasteiger partial charge on any atom is 0.258 e. The predicted molar refractivity (Wildman–Crippen MR) is 99.9 cm³/mol. The Labute approximate surface area is 155 Å². The highest BCUT2D eigenvalue weighted by atomic mass is 32.1. The predicted octanol–water partition coefficient (Wildman–Crippen LogP) is 3.35. The first-order valence-electron chi connectivity index (χ1n) is 8.31. The quantitative estimate of drug-likeness (QED) is 0.766. The summed E-state index contributed by atoms with van der Waals surface area (Å²) in [6, 6.07) is 7.91. The molecule has 3 aromatic rings. The Morgan fingerprint density at radius 1 is 1.23 bits per heavy atom. The van der Waals surface area contributed by atoms with E-state index in [4.69, 9.17) is 9.47 Å². The summed E-state index contributed by atoms with van der Waals surface area (Å²) in [6.45, 7) is 1.21. The number of carbonyl (C=O) groups is 1. The molecule has 134 valence electrons. The molecule has 0 saturated heterocycles. The van der Waals surface area contributed by atoms with Crippen LogP contribution in [0.3, 0.4) is 0 Å². The molecule has 3 heterocycles. The van der Waals surface area contributed by atoms with Crippen molar-refractivity contribution in [2.75, 3.05) is 20.8 Å². The molecule has 1 aliphatic heterocycles. The first-order valence-corrected chi connectivity index (χ1v) is 9.19. The van der Waals surface area contributed by atoms with Crippen molar-refractivity contribution in [1.29, 1.82) is 0 Å². The van der Waals surface area contributed by atoms with Gasteiger partial charge in [0.2, 0.25) is 0 Å². The highest BCUT2D eigenvalue weighted by Crippen LogP contribution is 2.34. The van der Waals surface area contributed by atoms with Gasteiger partial charge in [-0.05, 0) is 41.1 Å². The molecule has 1 amide bonds. The number of hydrogen-bond donors (Lipinski definition) is 1. The molecule has 0 bridgehead atoms. The van der Waals surface area contributed by atoms with Gasteiger partial charge in [-0.1, -0.05) is 6.07 Å². The number of amides is 1. The van der Waals surface area contributed by atoms with E-state index in [1.807, 2.05) is 34.5 Å². The van der Waals surface area contributed by atoms with Gasteiger partial charge in [0.25, 0.3) is 5.91 Å². The van der Waals surface area contributed by atoms with Gasteiger partial charge >= 0.3 is 0 Å². The average Bonchev–Trinajstić information content (AvgIpc) is 3.36. The van der Waals surface area contributed by atoms with Crippen LogP contribution in [0.5, 0.6) is 11.5 Å². The van der Waals surface area contributed by atoms with E-state index in [1.54, 1.807) is 31.8 Å². The number of thiophene rings is 1. The number of carbonyl (C=O) groups excluding carboxylic acids is 1. The molecule has 26 heavy (non-hydrogen) atoms. The number of aromatic amines is 1. The average molecular weight is 369 g/mol. The van der Waals surface area contributed by atoms with Gasteiger partial charge in [-0.15, -0.1) is 11.3 Å². The standard InChI is InChI=1S/C19H19N3O3S/c1-24-15-8-12-5-6-22(11-13(12)9-16(15)25-2)19(23)14-10-20-21-18(14)17-4-3-7-26-17/h3-4,7-10H,5-6,11H2,1-2H3,(H,20,21). The summed E-state index contributed by atoms with van der Waals surface area (Å²) in [5.74, 6) is 1.39. The summed E-state index contributed by atoms with van der Waals surface area (Å²) in [4.78, 5) is 15.9. The van der Waals surface area contributed by atoms with E-state index in [0.717, 1.165) is 28.3 Å². The highest BCUT2D eigenvalue weighted by Gasteiger charge is 2.26. The van der Waals surface area contributed by atoms with Crippen LogP contribution in [-0.4, -0.2) is 41.8 Å². The lowest BCUT2D eigenvalue weighted by Crippen LogP contribution is -2.36. The van der Waals surface area contributed by atoms with E-state index < -0.39 is 0 Å². The van der Waals surface area contributed by atoms with Crippen molar-refractivity contribution in [3.05, 3.63) is 52.5 Å². The van der Waals surface area contributed by atoms with Gasteiger partial charge in [0.15, 0.2) is 11.5 Å². The van der Waals surface area contributed by atoms with E-state index in [9.17, 15) is 4.79 Å². The van der Waals surface area contributed by atoms with Crippen molar-refractivity contribution in [3.63, 3.8) is 0 Å². The number of hydrogen-bond acceptors (Lipinski definition) is 5. The van der Waals surface area contributed by atoms with Crippen LogP contribution in [-0.2, 0) is 13.0 Å². The number of fused-ring (bicyclic) bond motifs is 1. The summed E-state index contributed by atoms with van der Waals surface area (Å²) >= 11 is 1.58. The molecule has 0 aliphatic carbocycles. The summed E-state index contributed by atoms with van der Waals surface area (Å²) in [5, 5.41) is 9.03. The Morgan fingerprint density at radius 3 is 2.69 bits per heavy atom. The Kier molecular flexibility index (Phi) is 4.38. The summed E-state index contributed by atoms with van der Waals surface area (Å²) in [6.07, 6.45) is 2.40. The summed E-state index contributed by atoms with van der Waals surface area (Å²) < 4.78 is 10.8. The number of rotatable bonds is 4. The van der Waals surface area contributed by atoms with Crippen molar-refractivity contribution in [3.8, 4) is 22.1 Å². The van der Waals surface area contributed by atoms with Crippen LogP contribution < -0.4 is 9.47 Å². The molecule has 4 rings (SSSR count). The van der Waals surface area contributed by atoms with Crippen LogP contribution in [0.1, 0.15) is 21.5 Å². The van der Waals surface area contributed by atoms with E-state index in [2.05, 4.69) is 10.2 Å². The van der Waals surface area contributed by atoms with Crippen LogP contribution in [0.15, 0.2) is 35.8 Å². The normalized spacial score (nSPS) is 13.4. The van der Waals surface area contributed by atoms with Crippen molar-refractivity contribution >= 4 is 17.2 Å². The van der Waals surface area contributed by atoms with E-state index >= 15 is 0 Å². The monoisotopic (exact) mass is 369 g/mol. The lowest BCUT2D eigenvalue weighted by molar-refractivity contribution is 0.0735. The van der Waals surface area contributed by atoms with Gasteiger partial charge in [-0.25, -0.2) is 0 Å². The second-order valence-corrected chi connectivity index (χ2v) is 7.04. The molecule has 1 N–H and O–H groups in total. The van der Waals surface area contributed by atoms with Crippen molar-refractivity contribution in [2.24, 2.45) is 0 Å². The van der Waals surface area contributed by atoms with Gasteiger partial charge in [0, 0.05) is 13.1 Å². The van der Waals surface area contributed by atoms with Gasteiger partial charge < -0.3 is 14.4 Å². The smallest absolute Gasteiger partial charge is 0.258 e. The summed E-state index contributed by atoms with van der Waals surface area (Å²) in [7, 11) is 3.25. The van der Waals surface area contributed by atoms with Crippen LogP contribution in [0.4, 0.5) is 0 Å². The summed E-state index contributed by atoms with van der Waals surface area (Å²) in [5.41, 5.74) is 3.67. The van der Waals surface area contributed by atoms with Gasteiger partial charge in [0.05, 0.1) is 36.6 Å². The minimum absolute atomic E-state index is 0.0115. The van der Waals surface area contributed by atoms with E-state index in [0.29, 0.717) is 24.4 Å². The largest absolute Gasteiger partial charge is 0.493 e. The minimum atomic E-state index is -0.0115. The van der Waals surface area contributed by atoms with Crippen molar-refractivity contribution in [2.45, 2.75) is 13.0 Å². The Hall–Kier alpha value is -2.80. The third kappa shape index (κ3) is 2.84. The zero-order valence-corrected chi connectivity index (χ0v) is 15.4. The van der Waals surface area contributed by atoms with E-state index in [-0.39, 0.29) is 5.91 Å². The maximum atomic E-state index is 13.1. The van der Waals surface area contributed by atoms with Crippen LogP contribution in [0.25, 0.3) is 10.6 Å². The molecular formula is C19H19N3O3S. The highest BCUT2D eigenvalue weighted by molar-refractivity contribution is 7.13. The fraction of sp³-hybridized carbons (Fsp3) is 0.263. The SMILES string of the molecule is COc1cc2c(cc1OC)CN(C(=O)c1cn[nH]c1-c1cccs1)CC2. The minimum Gasteiger partial charge on any atom is -0.493 e. The molecule has 0 saturated carbocycles. The first-order chi connectivity index (χ1) is 12.7. The fourth-order valence-electron chi connectivity index (χ4n) is 3.28. The number of benzene rings is 1. The second kappa shape index (κ2) is 6.84. The number of nitrogens with one attached hydrogen (secondary N) is 1. The molecule has 2 aromatic heterocycles. The maximum absolute atomic E-state index is 13.1. The lowest BCUT2D eigenvalue weighted by atomic mass is 9.98. The molecule has 0 atom stereocenters. The Morgan fingerprint density at radius 2 is 2.00 bits per heavy atom.